The van der Waals surface area contributed by atoms with Crippen LogP contribution in [0.25, 0.3) is 0 Å². The van der Waals surface area contributed by atoms with Gasteiger partial charge >= 0.3 is 0 Å². The number of benzene rings is 2. The summed E-state index contributed by atoms with van der Waals surface area (Å²) in [6.07, 6.45) is 1.73. The first-order valence-corrected chi connectivity index (χ1v) is 7.98. The number of hydrogen-bond donors (Lipinski definition) is 2. The topological polar surface area (TPSA) is 66.9 Å². The number of rotatable bonds is 6. The zero-order chi connectivity index (χ0) is 18.4. The molecule has 0 atom stereocenters. The van der Waals surface area contributed by atoms with Gasteiger partial charge in [0, 0.05) is 18.3 Å². The molecule has 5 nitrogen and oxygen atoms in total. The predicted molar refractivity (Wildman–Crippen MR) is 95.0 cm³/mol. The molecule has 1 heterocycles. The van der Waals surface area contributed by atoms with Gasteiger partial charge in [-0.1, -0.05) is 24.3 Å². The third kappa shape index (κ3) is 4.60. The second-order valence-corrected chi connectivity index (χ2v) is 5.52. The molecule has 1 aromatic heterocycles. The molecule has 26 heavy (non-hydrogen) atoms. The minimum absolute atomic E-state index is 0.137. The Hall–Kier alpha value is -3.35. The fourth-order valence-corrected chi connectivity index (χ4v) is 2.37. The molecule has 2 N–H and O–H groups in total. The molecule has 3 rings (SSSR count). The highest BCUT2D eigenvalue weighted by atomic mass is 19.1. The number of aromatic nitrogens is 2. The zero-order valence-electron chi connectivity index (χ0n) is 13.7. The van der Waals surface area contributed by atoms with Crippen LogP contribution >= 0.6 is 0 Å². The largest absolute Gasteiger partial charge is 0.370 e. The van der Waals surface area contributed by atoms with E-state index in [-0.39, 0.29) is 11.5 Å². The molecule has 2 aromatic carbocycles. The average Bonchev–Trinajstić information content (AvgIpc) is 2.64. The average molecular weight is 354 g/mol. The van der Waals surface area contributed by atoms with Gasteiger partial charge in [-0.15, -0.1) is 0 Å². The maximum Gasteiger partial charge on any atom is 0.274 e. The van der Waals surface area contributed by atoms with Gasteiger partial charge < -0.3 is 10.6 Å². The number of amides is 1. The molecule has 0 saturated heterocycles. The summed E-state index contributed by atoms with van der Waals surface area (Å²) in [7, 11) is 0. The van der Waals surface area contributed by atoms with E-state index in [1.54, 1.807) is 24.3 Å². The molecule has 0 spiro atoms. The van der Waals surface area contributed by atoms with Gasteiger partial charge in [-0.05, 0) is 36.2 Å². The molecule has 0 unspecified atom stereocenters. The van der Waals surface area contributed by atoms with Crippen LogP contribution in [0.3, 0.4) is 0 Å². The molecule has 0 saturated carbocycles. The van der Waals surface area contributed by atoms with Gasteiger partial charge in [-0.3, -0.25) is 4.79 Å². The molecule has 1 amide bonds. The van der Waals surface area contributed by atoms with Crippen LogP contribution in [-0.2, 0) is 6.42 Å². The van der Waals surface area contributed by atoms with E-state index in [0.29, 0.717) is 30.0 Å². The van der Waals surface area contributed by atoms with E-state index in [1.807, 2.05) is 0 Å². The summed E-state index contributed by atoms with van der Waals surface area (Å²) < 4.78 is 26.8. The Kier molecular flexibility index (Phi) is 5.48. The van der Waals surface area contributed by atoms with Crippen LogP contribution in [-0.4, -0.2) is 22.4 Å². The first-order valence-electron chi connectivity index (χ1n) is 7.98. The maximum absolute atomic E-state index is 13.6. The first kappa shape index (κ1) is 17.5. The number of anilines is 2. The monoisotopic (exact) mass is 354 g/mol. The van der Waals surface area contributed by atoms with Gasteiger partial charge in [0.2, 0.25) is 0 Å². The third-order valence-corrected chi connectivity index (χ3v) is 3.64. The Balaban J connectivity index is 1.60. The Morgan fingerprint density at radius 2 is 1.85 bits per heavy atom. The fourth-order valence-electron chi connectivity index (χ4n) is 2.37. The molecular weight excluding hydrogens is 338 g/mol. The second-order valence-electron chi connectivity index (χ2n) is 5.52. The Labute approximate surface area is 149 Å². The maximum atomic E-state index is 13.6. The Morgan fingerprint density at radius 3 is 2.65 bits per heavy atom. The summed E-state index contributed by atoms with van der Waals surface area (Å²) in [5, 5.41) is 5.60. The van der Waals surface area contributed by atoms with Gasteiger partial charge in [-0.2, -0.15) is 0 Å². The van der Waals surface area contributed by atoms with E-state index in [1.165, 1.54) is 36.7 Å². The lowest BCUT2D eigenvalue weighted by molar-refractivity contribution is 0.102. The summed E-state index contributed by atoms with van der Waals surface area (Å²) in [6, 6.07) is 13.6. The molecule has 0 aliphatic carbocycles. The van der Waals surface area contributed by atoms with Crippen molar-refractivity contribution in [3.63, 3.8) is 0 Å². The van der Waals surface area contributed by atoms with E-state index in [4.69, 9.17) is 0 Å². The van der Waals surface area contributed by atoms with Crippen LogP contribution in [0.5, 0.6) is 0 Å². The molecule has 0 radical (unpaired) electrons. The molecule has 0 bridgehead atoms. The molecule has 132 valence electrons. The van der Waals surface area contributed by atoms with E-state index in [2.05, 4.69) is 20.6 Å². The summed E-state index contributed by atoms with van der Waals surface area (Å²) in [6.45, 7) is 0.447. The lowest BCUT2D eigenvalue weighted by Crippen LogP contribution is -2.15. The van der Waals surface area contributed by atoms with Crippen molar-refractivity contribution in [3.8, 4) is 0 Å². The third-order valence-electron chi connectivity index (χ3n) is 3.64. The van der Waals surface area contributed by atoms with E-state index in [0.717, 1.165) is 0 Å². The normalized spacial score (nSPS) is 10.4. The minimum atomic E-state index is -0.477. The smallest absolute Gasteiger partial charge is 0.274 e. The number of carbonyl (C=O) groups excluding carboxylic acids is 1. The Morgan fingerprint density at radius 1 is 1.00 bits per heavy atom. The molecule has 3 aromatic rings. The van der Waals surface area contributed by atoms with Gasteiger partial charge in [0.15, 0.2) is 0 Å². The van der Waals surface area contributed by atoms with Gasteiger partial charge in [0.25, 0.3) is 5.91 Å². The molecule has 7 heteroatoms. The summed E-state index contributed by atoms with van der Waals surface area (Å²) in [5.41, 5.74) is 1.07. The van der Waals surface area contributed by atoms with Crippen LogP contribution < -0.4 is 10.6 Å². The van der Waals surface area contributed by atoms with Crippen LogP contribution in [0.2, 0.25) is 0 Å². The second kappa shape index (κ2) is 8.15. The quantitative estimate of drug-likeness (QED) is 0.709. The van der Waals surface area contributed by atoms with Crippen LogP contribution in [0, 0.1) is 11.6 Å². The minimum Gasteiger partial charge on any atom is -0.370 e. The first-order chi connectivity index (χ1) is 12.6. The van der Waals surface area contributed by atoms with Crippen molar-refractivity contribution < 1.29 is 13.6 Å². The van der Waals surface area contributed by atoms with Crippen molar-refractivity contribution in [1.29, 1.82) is 0 Å². The van der Waals surface area contributed by atoms with E-state index < -0.39 is 11.7 Å². The van der Waals surface area contributed by atoms with E-state index >= 15 is 0 Å². The summed E-state index contributed by atoms with van der Waals surface area (Å²) in [5.74, 6) is -0.732. The fraction of sp³-hybridized carbons (Fsp3) is 0.105. The summed E-state index contributed by atoms with van der Waals surface area (Å²) >= 11 is 0. The van der Waals surface area contributed by atoms with Crippen molar-refractivity contribution in [3.05, 3.63) is 83.8 Å². The highest BCUT2D eigenvalue weighted by Crippen LogP contribution is 2.12. The van der Waals surface area contributed by atoms with Crippen molar-refractivity contribution >= 4 is 17.4 Å². The predicted octanol–water partition coefficient (Wildman–Crippen LogP) is 3.66. The molecule has 0 fully saturated rings. The lowest BCUT2D eigenvalue weighted by atomic mass is 10.1. The van der Waals surface area contributed by atoms with Gasteiger partial charge in [0.1, 0.15) is 29.5 Å². The standard InChI is InChI=1S/C19H16F2N4O/c20-14-5-3-6-15(10-14)25-19(26)17-11-18(24-12-23-17)22-9-8-13-4-1-2-7-16(13)21/h1-7,10-12H,8-9H2,(H,25,26)(H,22,23,24). The SMILES string of the molecule is O=C(Nc1cccc(F)c1)c1cc(NCCc2ccccc2F)ncn1. The van der Waals surface area contributed by atoms with Crippen molar-refractivity contribution in [2.24, 2.45) is 0 Å². The van der Waals surface area contributed by atoms with Gasteiger partial charge in [0.05, 0.1) is 0 Å². The number of nitrogens with zero attached hydrogens (tertiary/aromatic N) is 2. The molecule has 0 aliphatic heterocycles. The lowest BCUT2D eigenvalue weighted by Gasteiger charge is -2.08. The van der Waals surface area contributed by atoms with Crippen LogP contribution in [0.4, 0.5) is 20.3 Å². The number of hydrogen-bond acceptors (Lipinski definition) is 4. The Bertz CT molecular complexity index is 917. The van der Waals surface area contributed by atoms with Crippen LogP contribution in [0.15, 0.2) is 60.9 Å². The van der Waals surface area contributed by atoms with E-state index in [9.17, 15) is 13.6 Å². The van der Waals surface area contributed by atoms with Crippen molar-refractivity contribution in [1.82, 2.24) is 9.97 Å². The van der Waals surface area contributed by atoms with Gasteiger partial charge in [-0.25, -0.2) is 18.7 Å². The number of nitrogens with one attached hydrogen (secondary N) is 2. The number of carbonyl (C=O) groups is 1. The molecule has 0 aliphatic rings. The molecular formula is C19H16F2N4O. The summed E-state index contributed by atoms with van der Waals surface area (Å²) in [4.78, 5) is 20.2. The zero-order valence-corrected chi connectivity index (χ0v) is 13.7. The van der Waals surface area contributed by atoms with Crippen molar-refractivity contribution in [2.75, 3.05) is 17.2 Å². The highest BCUT2D eigenvalue weighted by molar-refractivity contribution is 6.03. The highest BCUT2D eigenvalue weighted by Gasteiger charge is 2.10. The number of halogens is 2. The van der Waals surface area contributed by atoms with Crippen molar-refractivity contribution in [2.45, 2.75) is 6.42 Å². The van der Waals surface area contributed by atoms with Crippen LogP contribution in [0.1, 0.15) is 16.1 Å².